The molecule has 1 N–H and O–H groups in total. The fourth-order valence-corrected chi connectivity index (χ4v) is 2.18. The van der Waals surface area contributed by atoms with Crippen LogP contribution in [0.3, 0.4) is 0 Å². The summed E-state index contributed by atoms with van der Waals surface area (Å²) in [7, 11) is 1.84. The average Bonchev–Trinajstić information content (AvgIpc) is 2.50. The molecule has 2 aromatic rings. The highest BCUT2D eigenvalue weighted by molar-refractivity contribution is 5.62. The standard InChI is InChI=1S/C16H21FN4/c1-4-6-14-19-15(18-3)11-16(20-14)21(5-2)13-9-7-12(17)8-10-13/h7-11H,4-6H2,1-3H3,(H,18,19,20). The number of nitrogens with one attached hydrogen (secondary N) is 1. The minimum atomic E-state index is -0.236. The van der Waals surface area contributed by atoms with Gasteiger partial charge in [-0.25, -0.2) is 14.4 Å². The molecule has 0 radical (unpaired) electrons. The third kappa shape index (κ3) is 3.68. The predicted octanol–water partition coefficient (Wildman–Crippen LogP) is 3.77. The van der Waals surface area contributed by atoms with E-state index in [2.05, 4.69) is 22.2 Å². The van der Waals surface area contributed by atoms with Crippen molar-refractivity contribution in [1.29, 1.82) is 0 Å². The minimum Gasteiger partial charge on any atom is -0.373 e. The maximum absolute atomic E-state index is 13.1. The number of anilines is 3. The monoisotopic (exact) mass is 288 g/mol. The molecule has 5 heteroatoms. The Labute approximate surface area is 125 Å². The Morgan fingerprint density at radius 2 is 1.86 bits per heavy atom. The minimum absolute atomic E-state index is 0.236. The molecule has 4 nitrogen and oxygen atoms in total. The predicted molar refractivity (Wildman–Crippen MR) is 84.7 cm³/mol. The molecule has 0 atom stereocenters. The summed E-state index contributed by atoms with van der Waals surface area (Å²) in [5.74, 6) is 2.20. The molecule has 0 aliphatic carbocycles. The van der Waals surface area contributed by atoms with Crippen molar-refractivity contribution in [1.82, 2.24) is 9.97 Å². The van der Waals surface area contributed by atoms with Crippen LogP contribution >= 0.6 is 0 Å². The van der Waals surface area contributed by atoms with E-state index in [1.165, 1.54) is 12.1 Å². The lowest BCUT2D eigenvalue weighted by atomic mass is 10.2. The smallest absolute Gasteiger partial charge is 0.138 e. The van der Waals surface area contributed by atoms with Gasteiger partial charge in [-0.2, -0.15) is 0 Å². The SMILES string of the molecule is CCCc1nc(NC)cc(N(CC)c2ccc(F)cc2)n1. The lowest BCUT2D eigenvalue weighted by molar-refractivity contribution is 0.627. The first kappa shape index (κ1) is 15.2. The van der Waals surface area contributed by atoms with Crippen LogP contribution in [0.4, 0.5) is 21.7 Å². The quantitative estimate of drug-likeness (QED) is 0.878. The number of rotatable bonds is 6. The molecule has 0 aliphatic heterocycles. The highest BCUT2D eigenvalue weighted by Gasteiger charge is 2.12. The summed E-state index contributed by atoms with van der Waals surface area (Å²) in [6.07, 6.45) is 1.83. The molecule has 0 amide bonds. The van der Waals surface area contributed by atoms with Crippen molar-refractivity contribution in [3.05, 3.63) is 42.0 Å². The Bertz CT molecular complexity index is 583. The van der Waals surface area contributed by atoms with Crippen LogP contribution in [0.2, 0.25) is 0 Å². The van der Waals surface area contributed by atoms with Gasteiger partial charge in [-0.3, -0.25) is 0 Å². The average molecular weight is 288 g/mol. The van der Waals surface area contributed by atoms with E-state index in [9.17, 15) is 4.39 Å². The second-order valence-corrected chi connectivity index (χ2v) is 4.75. The molecule has 0 saturated carbocycles. The number of aryl methyl sites for hydroxylation is 1. The van der Waals surface area contributed by atoms with Crippen LogP contribution in [0, 0.1) is 5.82 Å². The lowest BCUT2D eigenvalue weighted by Gasteiger charge is -2.23. The van der Waals surface area contributed by atoms with E-state index in [4.69, 9.17) is 0 Å². The lowest BCUT2D eigenvalue weighted by Crippen LogP contribution is -2.19. The Kier molecular flexibility index (Phi) is 5.09. The summed E-state index contributed by atoms with van der Waals surface area (Å²) in [5, 5.41) is 3.07. The van der Waals surface area contributed by atoms with Gasteiger partial charge < -0.3 is 10.2 Å². The van der Waals surface area contributed by atoms with Crippen LogP contribution in [-0.4, -0.2) is 23.6 Å². The molecule has 0 unspecified atom stereocenters. The normalized spacial score (nSPS) is 10.5. The molecule has 0 spiro atoms. The molecule has 2 rings (SSSR count). The first-order valence-electron chi connectivity index (χ1n) is 7.26. The van der Waals surface area contributed by atoms with Gasteiger partial charge in [-0.05, 0) is 37.6 Å². The van der Waals surface area contributed by atoms with Gasteiger partial charge in [0.1, 0.15) is 23.3 Å². The van der Waals surface area contributed by atoms with Gasteiger partial charge >= 0.3 is 0 Å². The molecule has 0 aliphatic rings. The van der Waals surface area contributed by atoms with Gasteiger partial charge in [0.15, 0.2) is 0 Å². The van der Waals surface area contributed by atoms with E-state index >= 15 is 0 Å². The molecular weight excluding hydrogens is 267 g/mol. The Morgan fingerprint density at radius 1 is 1.14 bits per heavy atom. The van der Waals surface area contributed by atoms with Gasteiger partial charge in [-0.15, -0.1) is 0 Å². The zero-order chi connectivity index (χ0) is 15.2. The second kappa shape index (κ2) is 7.02. The van der Waals surface area contributed by atoms with Crippen molar-refractivity contribution in [3.8, 4) is 0 Å². The number of benzene rings is 1. The van der Waals surface area contributed by atoms with Crippen molar-refractivity contribution >= 4 is 17.3 Å². The van der Waals surface area contributed by atoms with Gasteiger partial charge in [0.05, 0.1) is 0 Å². The van der Waals surface area contributed by atoms with Crippen molar-refractivity contribution in [2.45, 2.75) is 26.7 Å². The van der Waals surface area contributed by atoms with E-state index < -0.39 is 0 Å². The van der Waals surface area contributed by atoms with Gasteiger partial charge in [0.25, 0.3) is 0 Å². The number of aromatic nitrogens is 2. The molecule has 112 valence electrons. The Balaban J connectivity index is 2.40. The van der Waals surface area contributed by atoms with Crippen LogP contribution in [0.5, 0.6) is 0 Å². The van der Waals surface area contributed by atoms with E-state index in [0.29, 0.717) is 0 Å². The maximum Gasteiger partial charge on any atom is 0.138 e. The Morgan fingerprint density at radius 3 is 2.43 bits per heavy atom. The first-order valence-corrected chi connectivity index (χ1v) is 7.26. The zero-order valence-electron chi connectivity index (χ0n) is 12.7. The van der Waals surface area contributed by atoms with Crippen molar-refractivity contribution in [2.24, 2.45) is 0 Å². The topological polar surface area (TPSA) is 41.1 Å². The number of halogens is 1. The molecule has 0 fully saturated rings. The number of hydrogen-bond acceptors (Lipinski definition) is 4. The highest BCUT2D eigenvalue weighted by atomic mass is 19.1. The second-order valence-electron chi connectivity index (χ2n) is 4.75. The van der Waals surface area contributed by atoms with Gasteiger partial charge in [-0.1, -0.05) is 6.92 Å². The summed E-state index contributed by atoms with van der Waals surface area (Å²) in [5.41, 5.74) is 0.919. The number of nitrogens with zero attached hydrogens (tertiary/aromatic N) is 3. The third-order valence-corrected chi connectivity index (χ3v) is 3.22. The molecule has 0 saturated heterocycles. The van der Waals surface area contributed by atoms with Crippen LogP contribution in [0.15, 0.2) is 30.3 Å². The highest BCUT2D eigenvalue weighted by Crippen LogP contribution is 2.25. The van der Waals surface area contributed by atoms with Crippen molar-refractivity contribution in [2.75, 3.05) is 23.8 Å². The zero-order valence-corrected chi connectivity index (χ0v) is 12.7. The molecule has 0 bridgehead atoms. The first-order chi connectivity index (χ1) is 10.2. The largest absolute Gasteiger partial charge is 0.373 e. The third-order valence-electron chi connectivity index (χ3n) is 3.22. The fraction of sp³-hybridized carbons (Fsp3) is 0.375. The van der Waals surface area contributed by atoms with E-state index in [1.54, 1.807) is 12.1 Å². The van der Waals surface area contributed by atoms with E-state index in [1.807, 2.05) is 24.9 Å². The molecule has 1 aromatic carbocycles. The van der Waals surface area contributed by atoms with Crippen molar-refractivity contribution in [3.63, 3.8) is 0 Å². The van der Waals surface area contributed by atoms with Crippen LogP contribution in [0.1, 0.15) is 26.1 Å². The van der Waals surface area contributed by atoms with Crippen LogP contribution < -0.4 is 10.2 Å². The molecular formula is C16H21FN4. The summed E-state index contributed by atoms with van der Waals surface area (Å²) >= 11 is 0. The molecule has 21 heavy (non-hydrogen) atoms. The van der Waals surface area contributed by atoms with Crippen molar-refractivity contribution < 1.29 is 4.39 Å². The Hall–Kier alpha value is -2.17. The maximum atomic E-state index is 13.1. The van der Waals surface area contributed by atoms with Gasteiger partial charge in [0.2, 0.25) is 0 Å². The summed E-state index contributed by atoms with van der Waals surface area (Å²) in [4.78, 5) is 11.1. The molecule has 1 aromatic heterocycles. The molecule has 1 heterocycles. The summed E-state index contributed by atoms with van der Waals surface area (Å²) in [6.45, 7) is 4.90. The summed E-state index contributed by atoms with van der Waals surface area (Å²) < 4.78 is 13.1. The van der Waals surface area contributed by atoms with E-state index in [0.717, 1.165) is 42.5 Å². The van der Waals surface area contributed by atoms with Crippen LogP contribution in [0.25, 0.3) is 0 Å². The van der Waals surface area contributed by atoms with Crippen LogP contribution in [-0.2, 0) is 6.42 Å². The van der Waals surface area contributed by atoms with E-state index in [-0.39, 0.29) is 5.82 Å². The summed E-state index contributed by atoms with van der Waals surface area (Å²) in [6, 6.07) is 8.36. The number of hydrogen-bond donors (Lipinski definition) is 1. The fourth-order valence-electron chi connectivity index (χ4n) is 2.18. The van der Waals surface area contributed by atoms with Gasteiger partial charge in [0, 0.05) is 31.8 Å².